The predicted octanol–water partition coefficient (Wildman–Crippen LogP) is 3.94. The largest absolute Gasteiger partial charge is 0.490 e. The van der Waals surface area contributed by atoms with Gasteiger partial charge in [0.15, 0.2) is 0 Å². The lowest BCUT2D eigenvalue weighted by Gasteiger charge is -2.22. The quantitative estimate of drug-likeness (QED) is 0.576. The first kappa shape index (κ1) is 20.6. The lowest BCUT2D eigenvalue weighted by molar-refractivity contribution is 0.0646. The van der Waals surface area contributed by atoms with Crippen molar-refractivity contribution in [2.45, 2.75) is 38.1 Å². The van der Waals surface area contributed by atoms with Gasteiger partial charge in [0.1, 0.15) is 18.6 Å². The number of aromatic carboxylic acids is 1. The van der Waals surface area contributed by atoms with Crippen LogP contribution >= 0.6 is 11.6 Å². The Labute approximate surface area is 169 Å². The molecular formula is C21H24ClNO5. The summed E-state index contributed by atoms with van der Waals surface area (Å²) in [6.07, 6.45) is 1.06. The minimum absolute atomic E-state index is 0.0697. The summed E-state index contributed by atoms with van der Waals surface area (Å²) in [6.45, 7) is 3.06. The molecule has 0 bridgehead atoms. The highest BCUT2D eigenvalue weighted by Crippen LogP contribution is 2.30. The maximum Gasteiger partial charge on any atom is 0.335 e. The van der Waals surface area contributed by atoms with Crippen LogP contribution in [0.3, 0.4) is 0 Å². The van der Waals surface area contributed by atoms with Gasteiger partial charge in [-0.3, -0.25) is 5.32 Å². The molecule has 0 amide bonds. The standard InChI is InChI=1S/C21H24ClNO5/c1-13(14-4-6-15(7-5-14)21(25)26)23-20(24)18-11-16(22)8-9-19(18)28-12-17-3-2-10-27-17/h4-9,11,13,17,20,23-24H,2-3,10,12H2,1H3,(H,25,26)/t13-,17?,20?/m0/s1. The van der Waals surface area contributed by atoms with Gasteiger partial charge in [0.25, 0.3) is 0 Å². The number of rotatable bonds is 8. The van der Waals surface area contributed by atoms with E-state index in [1.807, 2.05) is 6.92 Å². The summed E-state index contributed by atoms with van der Waals surface area (Å²) >= 11 is 6.11. The van der Waals surface area contributed by atoms with Crippen LogP contribution in [0, 0.1) is 0 Å². The summed E-state index contributed by atoms with van der Waals surface area (Å²) in [5.74, 6) is -0.424. The van der Waals surface area contributed by atoms with Crippen LogP contribution in [-0.4, -0.2) is 35.5 Å². The number of hydrogen-bond acceptors (Lipinski definition) is 5. The van der Waals surface area contributed by atoms with Gasteiger partial charge in [0, 0.05) is 23.2 Å². The van der Waals surface area contributed by atoms with Gasteiger partial charge < -0.3 is 19.7 Å². The molecule has 0 spiro atoms. The summed E-state index contributed by atoms with van der Waals surface area (Å²) in [5, 5.41) is 23.3. The van der Waals surface area contributed by atoms with E-state index in [-0.39, 0.29) is 17.7 Å². The van der Waals surface area contributed by atoms with Gasteiger partial charge in [0.2, 0.25) is 0 Å². The smallest absolute Gasteiger partial charge is 0.335 e. The van der Waals surface area contributed by atoms with Crippen molar-refractivity contribution in [3.05, 3.63) is 64.2 Å². The Hall–Kier alpha value is -2.12. The first-order chi connectivity index (χ1) is 13.4. The number of halogens is 1. The highest BCUT2D eigenvalue weighted by Gasteiger charge is 2.20. The van der Waals surface area contributed by atoms with Crippen LogP contribution in [0.2, 0.25) is 5.02 Å². The maximum atomic E-state index is 11.0. The topological polar surface area (TPSA) is 88.0 Å². The number of aliphatic hydroxyl groups is 1. The molecule has 2 aromatic carbocycles. The minimum Gasteiger partial charge on any atom is -0.490 e. The number of carboxylic acids is 1. The average Bonchev–Trinajstić information content (AvgIpc) is 3.20. The van der Waals surface area contributed by atoms with E-state index in [2.05, 4.69) is 5.32 Å². The van der Waals surface area contributed by atoms with Gasteiger partial charge in [-0.1, -0.05) is 23.7 Å². The minimum atomic E-state index is -1.01. The fourth-order valence-electron chi connectivity index (χ4n) is 3.16. The van der Waals surface area contributed by atoms with E-state index in [1.54, 1.807) is 30.3 Å². The third-order valence-electron chi connectivity index (χ3n) is 4.78. The SMILES string of the molecule is C[C@H](NC(O)c1cc(Cl)ccc1OCC1CCCO1)c1ccc(C(=O)O)cc1. The number of carboxylic acid groups (broad SMARTS) is 1. The van der Waals surface area contributed by atoms with Crippen molar-refractivity contribution in [3.8, 4) is 5.75 Å². The van der Waals surface area contributed by atoms with Gasteiger partial charge in [-0.2, -0.15) is 0 Å². The molecule has 0 radical (unpaired) electrons. The molecule has 28 heavy (non-hydrogen) atoms. The molecule has 0 aliphatic carbocycles. The number of benzene rings is 2. The molecule has 1 fully saturated rings. The maximum absolute atomic E-state index is 11.0. The van der Waals surface area contributed by atoms with Crippen LogP contribution in [0.4, 0.5) is 0 Å². The first-order valence-electron chi connectivity index (χ1n) is 9.25. The van der Waals surface area contributed by atoms with Crippen LogP contribution in [0.15, 0.2) is 42.5 Å². The van der Waals surface area contributed by atoms with E-state index in [0.29, 0.717) is 22.9 Å². The van der Waals surface area contributed by atoms with Crippen LogP contribution < -0.4 is 10.1 Å². The number of ether oxygens (including phenoxy) is 2. The fraction of sp³-hybridized carbons (Fsp3) is 0.381. The molecule has 3 N–H and O–H groups in total. The Bertz CT molecular complexity index is 805. The molecule has 3 rings (SSSR count). The molecule has 1 heterocycles. The summed E-state index contributed by atoms with van der Waals surface area (Å²) in [4.78, 5) is 11.0. The Morgan fingerprint density at radius 2 is 2.07 bits per heavy atom. The molecular weight excluding hydrogens is 382 g/mol. The van der Waals surface area contributed by atoms with Crippen LogP contribution in [0.5, 0.6) is 5.75 Å². The van der Waals surface area contributed by atoms with Crippen LogP contribution in [-0.2, 0) is 4.74 Å². The van der Waals surface area contributed by atoms with E-state index in [1.165, 1.54) is 12.1 Å². The van der Waals surface area contributed by atoms with Crippen molar-refractivity contribution in [3.63, 3.8) is 0 Å². The zero-order chi connectivity index (χ0) is 20.1. The van der Waals surface area contributed by atoms with Crippen molar-refractivity contribution >= 4 is 17.6 Å². The van der Waals surface area contributed by atoms with E-state index < -0.39 is 12.2 Å². The summed E-state index contributed by atoms with van der Waals surface area (Å²) in [5.41, 5.74) is 1.61. The molecule has 1 aliphatic heterocycles. The second-order valence-electron chi connectivity index (χ2n) is 6.85. The van der Waals surface area contributed by atoms with Crippen molar-refractivity contribution in [1.82, 2.24) is 5.32 Å². The van der Waals surface area contributed by atoms with Crippen molar-refractivity contribution in [2.75, 3.05) is 13.2 Å². The molecule has 2 unspecified atom stereocenters. The van der Waals surface area contributed by atoms with E-state index in [4.69, 9.17) is 26.2 Å². The zero-order valence-electron chi connectivity index (χ0n) is 15.6. The van der Waals surface area contributed by atoms with Gasteiger partial charge in [-0.15, -0.1) is 0 Å². The van der Waals surface area contributed by atoms with Crippen molar-refractivity contribution < 1.29 is 24.5 Å². The molecule has 0 aromatic heterocycles. The predicted molar refractivity (Wildman–Crippen MR) is 106 cm³/mol. The van der Waals surface area contributed by atoms with E-state index >= 15 is 0 Å². The molecule has 7 heteroatoms. The highest BCUT2D eigenvalue weighted by molar-refractivity contribution is 6.30. The molecule has 3 atom stereocenters. The molecule has 1 saturated heterocycles. The lowest BCUT2D eigenvalue weighted by atomic mass is 10.0. The Morgan fingerprint density at radius 1 is 1.32 bits per heavy atom. The third kappa shape index (κ3) is 5.23. The van der Waals surface area contributed by atoms with Gasteiger partial charge in [-0.05, 0) is 55.7 Å². The normalized spacial score (nSPS) is 18.6. The summed E-state index contributed by atoms with van der Waals surface area (Å²) in [7, 11) is 0. The number of hydrogen-bond donors (Lipinski definition) is 3. The Balaban J connectivity index is 1.68. The molecule has 150 valence electrons. The molecule has 2 aromatic rings. The molecule has 6 nitrogen and oxygen atoms in total. The van der Waals surface area contributed by atoms with E-state index in [9.17, 15) is 9.90 Å². The number of carbonyl (C=O) groups is 1. The fourth-order valence-corrected chi connectivity index (χ4v) is 3.34. The van der Waals surface area contributed by atoms with E-state index in [0.717, 1.165) is 25.0 Å². The van der Waals surface area contributed by atoms with Crippen molar-refractivity contribution in [1.29, 1.82) is 0 Å². The van der Waals surface area contributed by atoms with Gasteiger partial charge in [0.05, 0.1) is 11.7 Å². The molecule has 1 aliphatic rings. The van der Waals surface area contributed by atoms with Crippen LogP contribution in [0.25, 0.3) is 0 Å². The lowest BCUT2D eigenvalue weighted by Crippen LogP contribution is -2.25. The second kappa shape index (κ2) is 9.39. The van der Waals surface area contributed by atoms with Crippen LogP contribution in [0.1, 0.15) is 53.5 Å². The van der Waals surface area contributed by atoms with Gasteiger partial charge >= 0.3 is 5.97 Å². The number of nitrogens with one attached hydrogen (secondary N) is 1. The molecule has 0 saturated carbocycles. The van der Waals surface area contributed by atoms with Crippen molar-refractivity contribution in [2.24, 2.45) is 0 Å². The first-order valence-corrected chi connectivity index (χ1v) is 9.63. The average molecular weight is 406 g/mol. The second-order valence-corrected chi connectivity index (χ2v) is 7.28. The zero-order valence-corrected chi connectivity index (χ0v) is 16.4. The monoisotopic (exact) mass is 405 g/mol. The Morgan fingerprint density at radius 3 is 2.71 bits per heavy atom. The highest BCUT2D eigenvalue weighted by atomic mass is 35.5. The Kier molecular flexibility index (Phi) is 6.91. The summed E-state index contributed by atoms with van der Waals surface area (Å²) in [6, 6.07) is 11.4. The van der Waals surface area contributed by atoms with Gasteiger partial charge in [-0.25, -0.2) is 4.79 Å². The third-order valence-corrected chi connectivity index (χ3v) is 5.02. The number of aliphatic hydroxyl groups excluding tert-OH is 1. The summed E-state index contributed by atoms with van der Waals surface area (Å²) < 4.78 is 11.5.